The smallest absolute Gasteiger partial charge is 0.125 e. The fourth-order valence-corrected chi connectivity index (χ4v) is 3.51. The molecule has 0 aliphatic heterocycles. The third kappa shape index (κ3) is 3.13. The van der Waals surface area contributed by atoms with E-state index in [4.69, 9.17) is 4.74 Å². The van der Waals surface area contributed by atoms with Gasteiger partial charge in [0.25, 0.3) is 0 Å². The topological polar surface area (TPSA) is 9.23 Å². The highest BCUT2D eigenvalue weighted by molar-refractivity contribution is 5.45. The van der Waals surface area contributed by atoms with Crippen LogP contribution in [-0.2, 0) is 0 Å². The van der Waals surface area contributed by atoms with E-state index < -0.39 is 0 Å². The van der Waals surface area contributed by atoms with Crippen LogP contribution in [0, 0.1) is 5.92 Å². The van der Waals surface area contributed by atoms with E-state index in [1.807, 2.05) is 7.11 Å². The zero-order chi connectivity index (χ0) is 13.8. The molecule has 0 radical (unpaired) electrons. The van der Waals surface area contributed by atoms with Crippen molar-refractivity contribution in [3.05, 3.63) is 29.3 Å². The first-order chi connectivity index (χ1) is 9.15. The molecule has 0 N–H and O–H groups in total. The number of methoxy groups -OCH3 is 1. The minimum atomic E-state index is 0.522. The minimum absolute atomic E-state index is 0.522. The maximum absolute atomic E-state index is 5.75. The first-order valence-electron chi connectivity index (χ1n) is 7.82. The first kappa shape index (κ1) is 14.4. The van der Waals surface area contributed by atoms with E-state index in [9.17, 15) is 0 Å². The second-order valence-corrected chi connectivity index (χ2v) is 6.31. The number of para-hydroxylation sites is 1. The molecule has 0 saturated heterocycles. The summed E-state index contributed by atoms with van der Waals surface area (Å²) in [4.78, 5) is 0. The molecule has 1 aliphatic carbocycles. The van der Waals surface area contributed by atoms with E-state index >= 15 is 0 Å². The van der Waals surface area contributed by atoms with Crippen LogP contribution >= 0.6 is 0 Å². The third-order valence-electron chi connectivity index (χ3n) is 4.75. The van der Waals surface area contributed by atoms with E-state index in [1.165, 1.54) is 43.2 Å². The molecule has 1 atom stereocenters. The largest absolute Gasteiger partial charge is 0.496 e. The van der Waals surface area contributed by atoms with Crippen LogP contribution in [-0.4, -0.2) is 7.11 Å². The first-order valence-corrected chi connectivity index (χ1v) is 7.82. The average Bonchev–Trinajstić information content (AvgIpc) is 2.46. The van der Waals surface area contributed by atoms with Gasteiger partial charge in [-0.05, 0) is 41.7 Å². The number of ether oxygens (including phenoxy) is 1. The van der Waals surface area contributed by atoms with Crippen molar-refractivity contribution in [2.45, 2.75) is 64.7 Å². The van der Waals surface area contributed by atoms with Crippen molar-refractivity contribution < 1.29 is 4.74 Å². The molecule has 1 nitrogen and oxygen atoms in total. The fraction of sp³-hybridized carbons (Fsp3) is 0.667. The highest BCUT2D eigenvalue weighted by Crippen LogP contribution is 2.41. The number of hydrogen-bond acceptors (Lipinski definition) is 1. The molecule has 0 bridgehead atoms. The highest BCUT2D eigenvalue weighted by atomic mass is 16.5. The summed E-state index contributed by atoms with van der Waals surface area (Å²) < 4.78 is 5.75. The maximum atomic E-state index is 5.75. The van der Waals surface area contributed by atoms with Crippen LogP contribution < -0.4 is 4.74 Å². The quantitative estimate of drug-likeness (QED) is 0.694. The van der Waals surface area contributed by atoms with Crippen molar-refractivity contribution in [2.75, 3.05) is 7.11 Å². The summed E-state index contributed by atoms with van der Waals surface area (Å²) in [5.74, 6) is 3.11. The molecule has 0 spiro atoms. The molecule has 1 aromatic carbocycles. The Balaban J connectivity index is 2.29. The molecule has 0 heterocycles. The standard InChI is InChI=1S/C18H28O/c1-13(2)16-11-8-12-17(18(16)19-4)14(3)15-9-6-5-7-10-15/h8,11-15H,5-7,9-10H2,1-4H3/t14-/m1/s1. The molecule has 1 saturated carbocycles. The average molecular weight is 260 g/mol. The van der Waals surface area contributed by atoms with Crippen LogP contribution in [0.2, 0.25) is 0 Å². The number of hydrogen-bond donors (Lipinski definition) is 0. The molecule has 0 unspecified atom stereocenters. The van der Waals surface area contributed by atoms with E-state index in [0.717, 1.165) is 11.7 Å². The van der Waals surface area contributed by atoms with Crippen molar-refractivity contribution in [2.24, 2.45) is 5.92 Å². The van der Waals surface area contributed by atoms with Gasteiger partial charge < -0.3 is 4.74 Å². The van der Waals surface area contributed by atoms with Crippen LogP contribution in [0.25, 0.3) is 0 Å². The summed E-state index contributed by atoms with van der Waals surface area (Å²) in [7, 11) is 1.82. The van der Waals surface area contributed by atoms with E-state index in [1.54, 1.807) is 0 Å². The Hall–Kier alpha value is -0.980. The number of rotatable bonds is 4. The van der Waals surface area contributed by atoms with E-state index in [2.05, 4.69) is 39.0 Å². The van der Waals surface area contributed by atoms with E-state index in [0.29, 0.717) is 11.8 Å². The highest BCUT2D eigenvalue weighted by Gasteiger charge is 2.25. The Labute approximate surface area is 118 Å². The lowest BCUT2D eigenvalue weighted by atomic mass is 9.77. The summed E-state index contributed by atoms with van der Waals surface area (Å²) in [5, 5.41) is 0. The summed E-state index contributed by atoms with van der Waals surface area (Å²) in [6.07, 6.45) is 7.00. The van der Waals surface area contributed by atoms with Crippen molar-refractivity contribution in [3.8, 4) is 5.75 Å². The summed E-state index contributed by atoms with van der Waals surface area (Å²) in [6.45, 7) is 6.87. The Bertz CT molecular complexity index is 402. The Morgan fingerprint density at radius 3 is 2.21 bits per heavy atom. The Morgan fingerprint density at radius 2 is 1.63 bits per heavy atom. The molecule has 19 heavy (non-hydrogen) atoms. The lowest BCUT2D eigenvalue weighted by molar-refractivity contribution is 0.308. The van der Waals surface area contributed by atoms with Gasteiger partial charge in [-0.2, -0.15) is 0 Å². The predicted octanol–water partition coefficient (Wildman–Crippen LogP) is 5.50. The van der Waals surface area contributed by atoms with Crippen molar-refractivity contribution in [3.63, 3.8) is 0 Å². The third-order valence-corrected chi connectivity index (χ3v) is 4.75. The summed E-state index contributed by atoms with van der Waals surface area (Å²) in [6, 6.07) is 6.68. The maximum Gasteiger partial charge on any atom is 0.125 e. The monoisotopic (exact) mass is 260 g/mol. The molecular formula is C18H28O. The van der Waals surface area contributed by atoms with Crippen molar-refractivity contribution in [1.82, 2.24) is 0 Å². The molecule has 1 heteroatoms. The van der Waals surface area contributed by atoms with Gasteiger partial charge in [-0.15, -0.1) is 0 Å². The van der Waals surface area contributed by atoms with Crippen LogP contribution in [0.1, 0.15) is 75.8 Å². The molecular weight excluding hydrogens is 232 g/mol. The van der Waals surface area contributed by atoms with Gasteiger partial charge in [0.2, 0.25) is 0 Å². The van der Waals surface area contributed by atoms with Crippen LogP contribution in [0.5, 0.6) is 5.75 Å². The molecule has 1 aromatic rings. The fourth-order valence-electron chi connectivity index (χ4n) is 3.51. The molecule has 0 amide bonds. The predicted molar refractivity (Wildman–Crippen MR) is 82.1 cm³/mol. The van der Waals surface area contributed by atoms with Gasteiger partial charge in [-0.25, -0.2) is 0 Å². The molecule has 1 aliphatic rings. The SMILES string of the molecule is COc1c(C(C)C)cccc1[C@H](C)C1CCCCC1. The zero-order valence-electron chi connectivity index (χ0n) is 12.9. The molecule has 2 rings (SSSR count). The Morgan fingerprint density at radius 1 is 1.00 bits per heavy atom. The zero-order valence-corrected chi connectivity index (χ0v) is 12.9. The van der Waals surface area contributed by atoms with Crippen LogP contribution in [0.3, 0.4) is 0 Å². The van der Waals surface area contributed by atoms with E-state index in [-0.39, 0.29) is 0 Å². The van der Waals surface area contributed by atoms with Gasteiger partial charge >= 0.3 is 0 Å². The van der Waals surface area contributed by atoms with Crippen LogP contribution in [0.4, 0.5) is 0 Å². The lowest BCUT2D eigenvalue weighted by Gasteiger charge is -2.29. The summed E-state index contributed by atoms with van der Waals surface area (Å²) in [5.41, 5.74) is 2.77. The van der Waals surface area contributed by atoms with Gasteiger partial charge in [0.15, 0.2) is 0 Å². The van der Waals surface area contributed by atoms with Gasteiger partial charge in [-0.3, -0.25) is 0 Å². The molecule has 106 valence electrons. The van der Waals surface area contributed by atoms with Crippen molar-refractivity contribution in [1.29, 1.82) is 0 Å². The van der Waals surface area contributed by atoms with Gasteiger partial charge in [0.1, 0.15) is 5.75 Å². The minimum Gasteiger partial charge on any atom is -0.496 e. The lowest BCUT2D eigenvalue weighted by Crippen LogP contribution is -2.15. The Kier molecular flexibility index (Phi) is 4.90. The second kappa shape index (κ2) is 6.45. The number of benzene rings is 1. The van der Waals surface area contributed by atoms with Gasteiger partial charge in [0, 0.05) is 0 Å². The normalized spacial score (nSPS) is 18.6. The van der Waals surface area contributed by atoms with Crippen molar-refractivity contribution >= 4 is 0 Å². The van der Waals surface area contributed by atoms with Crippen LogP contribution in [0.15, 0.2) is 18.2 Å². The molecule has 0 aromatic heterocycles. The summed E-state index contributed by atoms with van der Waals surface area (Å²) >= 11 is 0. The molecule has 1 fully saturated rings. The van der Waals surface area contributed by atoms with Gasteiger partial charge in [-0.1, -0.05) is 58.2 Å². The van der Waals surface area contributed by atoms with Gasteiger partial charge in [0.05, 0.1) is 7.11 Å². The second-order valence-electron chi connectivity index (χ2n) is 6.31.